The summed E-state index contributed by atoms with van der Waals surface area (Å²) >= 11 is 2.61. The monoisotopic (exact) mass is 614 g/mol. The Bertz CT molecular complexity index is 1660. The molecule has 3 aromatic heterocycles. The third-order valence-corrected chi connectivity index (χ3v) is 10.4. The van der Waals surface area contributed by atoms with Crippen molar-refractivity contribution in [1.82, 2.24) is 19.9 Å². The number of fused-ring (bicyclic) bond motifs is 1. The van der Waals surface area contributed by atoms with E-state index in [-0.39, 0.29) is 29.9 Å². The summed E-state index contributed by atoms with van der Waals surface area (Å²) in [6.45, 7) is 2.36. The highest BCUT2D eigenvalue weighted by Gasteiger charge is 2.31. The van der Waals surface area contributed by atoms with Gasteiger partial charge in [-0.1, -0.05) is 28.6 Å². The van der Waals surface area contributed by atoms with Gasteiger partial charge in [0.25, 0.3) is 5.91 Å². The number of amides is 1. The molecule has 0 unspecified atom stereocenters. The quantitative estimate of drug-likeness (QED) is 0.209. The number of anilines is 1. The fourth-order valence-corrected chi connectivity index (χ4v) is 7.34. The number of ether oxygens (including phenoxy) is 2. The number of hydrogen-bond acceptors (Lipinski definition) is 13. The van der Waals surface area contributed by atoms with Crippen LogP contribution >= 0.6 is 22.7 Å². The van der Waals surface area contributed by atoms with Gasteiger partial charge in [-0.25, -0.2) is 23.4 Å². The van der Waals surface area contributed by atoms with Crippen molar-refractivity contribution in [1.29, 1.82) is 0 Å². The molecule has 0 aliphatic carbocycles. The highest BCUT2D eigenvalue weighted by Crippen LogP contribution is 2.28. The summed E-state index contributed by atoms with van der Waals surface area (Å²) in [6.07, 6.45) is 2.21. The standard InChI is InChI=1S/C26H26N6O6S3/c1-32-12-17(13-32)38-21-7-6-20-25(29-21)40-26(28-20)30-24(33)23(31-37-15-22-27-9-11-39-22)16-2-4-18(5-3-16)41(34,35)19-8-10-36-14-19/h2-7,9,11,17,19H,8,10,12-15H2,1H3,(H,28,30,33)/t19-/m0/s1. The molecule has 0 radical (unpaired) electrons. The number of hydrogen-bond donors (Lipinski definition) is 1. The molecular weight excluding hydrogens is 589 g/mol. The van der Waals surface area contributed by atoms with Gasteiger partial charge in [0.2, 0.25) is 5.88 Å². The summed E-state index contributed by atoms with van der Waals surface area (Å²) in [5, 5.41) is 9.12. The largest absolute Gasteiger partial charge is 0.472 e. The van der Waals surface area contributed by atoms with Crippen molar-refractivity contribution in [3.63, 3.8) is 0 Å². The molecule has 5 heterocycles. The number of thiazole rings is 2. The second-order valence-electron chi connectivity index (χ2n) is 9.60. The third kappa shape index (κ3) is 6.23. The molecule has 1 aromatic carbocycles. The average Bonchev–Trinajstić information content (AvgIpc) is 3.73. The molecule has 41 heavy (non-hydrogen) atoms. The fourth-order valence-electron chi connectivity index (χ4n) is 4.42. The van der Waals surface area contributed by atoms with Crippen molar-refractivity contribution in [2.24, 2.45) is 5.16 Å². The molecule has 2 aliphatic rings. The number of pyridine rings is 1. The van der Waals surface area contributed by atoms with Gasteiger partial charge in [0, 0.05) is 42.9 Å². The lowest BCUT2D eigenvalue weighted by atomic mass is 10.1. The SMILES string of the molecule is CN1CC(Oc2ccc3nc(NC(=O)C(=NOCc4nccs4)c4ccc(S(=O)(=O)[C@H]5CCOC5)cc4)sc3n2)C1. The minimum Gasteiger partial charge on any atom is -0.472 e. The number of oxime groups is 1. The first-order chi connectivity index (χ1) is 19.8. The smallest absolute Gasteiger partial charge is 0.280 e. The van der Waals surface area contributed by atoms with Gasteiger partial charge >= 0.3 is 0 Å². The van der Waals surface area contributed by atoms with Crippen LogP contribution in [0.25, 0.3) is 10.3 Å². The molecular formula is C26H26N6O6S3. The second kappa shape index (κ2) is 11.8. The van der Waals surface area contributed by atoms with Gasteiger partial charge in [0.1, 0.15) is 21.5 Å². The molecule has 1 amide bonds. The van der Waals surface area contributed by atoms with Gasteiger partial charge in [0.15, 0.2) is 27.3 Å². The number of sulfone groups is 1. The van der Waals surface area contributed by atoms with Crippen LogP contribution in [0.4, 0.5) is 5.13 Å². The third-order valence-electron chi connectivity index (χ3n) is 6.59. The number of carbonyl (C=O) groups excluding carboxylic acids is 1. The van der Waals surface area contributed by atoms with E-state index < -0.39 is 21.0 Å². The van der Waals surface area contributed by atoms with Crippen LogP contribution < -0.4 is 10.1 Å². The van der Waals surface area contributed by atoms with Crippen molar-refractivity contribution in [3.05, 3.63) is 58.5 Å². The van der Waals surface area contributed by atoms with Crippen LogP contribution in [-0.4, -0.2) is 84.6 Å². The van der Waals surface area contributed by atoms with E-state index >= 15 is 0 Å². The zero-order valence-electron chi connectivity index (χ0n) is 21.9. The number of nitrogens with one attached hydrogen (secondary N) is 1. The zero-order valence-corrected chi connectivity index (χ0v) is 24.4. The highest BCUT2D eigenvalue weighted by atomic mass is 32.2. The predicted molar refractivity (Wildman–Crippen MR) is 154 cm³/mol. The van der Waals surface area contributed by atoms with Crippen LogP contribution in [0.2, 0.25) is 0 Å². The highest BCUT2D eigenvalue weighted by molar-refractivity contribution is 7.92. The van der Waals surface area contributed by atoms with E-state index in [2.05, 4.69) is 30.3 Å². The maximum absolute atomic E-state index is 13.4. The Balaban J connectivity index is 1.21. The van der Waals surface area contributed by atoms with Crippen LogP contribution in [0.15, 0.2) is 58.0 Å². The van der Waals surface area contributed by atoms with Crippen LogP contribution in [0.3, 0.4) is 0 Å². The van der Waals surface area contributed by atoms with E-state index in [9.17, 15) is 13.2 Å². The number of likely N-dealkylation sites (tertiary alicyclic amines) is 1. The number of benzene rings is 1. The molecule has 2 aliphatic heterocycles. The van der Waals surface area contributed by atoms with Crippen molar-refractivity contribution in [2.45, 2.75) is 29.3 Å². The Morgan fingerprint density at radius 2 is 2.02 bits per heavy atom. The Kier molecular flexibility index (Phi) is 7.94. The molecule has 0 bridgehead atoms. The number of rotatable bonds is 10. The van der Waals surface area contributed by atoms with Crippen LogP contribution in [0.5, 0.6) is 5.88 Å². The van der Waals surface area contributed by atoms with Crippen molar-refractivity contribution in [2.75, 3.05) is 38.7 Å². The molecule has 15 heteroatoms. The van der Waals surface area contributed by atoms with Crippen LogP contribution in [0, 0.1) is 0 Å². The summed E-state index contributed by atoms with van der Waals surface area (Å²) in [5.74, 6) is -0.0638. The van der Waals surface area contributed by atoms with Crippen LogP contribution in [0.1, 0.15) is 17.0 Å². The molecule has 0 saturated carbocycles. The Hall–Kier alpha value is -3.50. The normalized spacial score (nSPS) is 18.4. The van der Waals surface area contributed by atoms with Gasteiger partial charge in [-0.15, -0.1) is 11.3 Å². The average molecular weight is 615 g/mol. The lowest BCUT2D eigenvalue weighted by Crippen LogP contribution is -2.51. The topological polar surface area (TPSA) is 145 Å². The number of nitrogens with zero attached hydrogens (tertiary/aromatic N) is 5. The zero-order chi connectivity index (χ0) is 28.4. The molecule has 1 atom stereocenters. The number of aromatic nitrogens is 3. The van der Waals surface area contributed by atoms with E-state index in [1.54, 1.807) is 18.3 Å². The first-order valence-electron chi connectivity index (χ1n) is 12.8. The van der Waals surface area contributed by atoms with Crippen molar-refractivity contribution < 1.29 is 27.5 Å². The molecule has 2 saturated heterocycles. The summed E-state index contributed by atoms with van der Waals surface area (Å²) in [6, 6.07) is 9.57. The number of carbonyl (C=O) groups is 1. The first kappa shape index (κ1) is 27.7. The van der Waals surface area contributed by atoms with E-state index in [0.29, 0.717) is 45.0 Å². The van der Waals surface area contributed by atoms with Gasteiger partial charge in [-0.3, -0.25) is 15.0 Å². The second-order valence-corrected chi connectivity index (χ2v) is 13.8. The Morgan fingerprint density at radius 1 is 1.20 bits per heavy atom. The Labute approximate surface area is 243 Å². The Morgan fingerprint density at radius 3 is 2.73 bits per heavy atom. The van der Waals surface area contributed by atoms with Gasteiger partial charge in [-0.05, 0) is 31.7 Å². The number of likely N-dealkylation sites (N-methyl/N-ethyl adjacent to an activating group) is 1. The van der Waals surface area contributed by atoms with Crippen molar-refractivity contribution in [3.8, 4) is 5.88 Å². The summed E-state index contributed by atoms with van der Waals surface area (Å²) in [4.78, 5) is 35.0. The summed E-state index contributed by atoms with van der Waals surface area (Å²) < 4.78 is 37.1. The maximum atomic E-state index is 13.4. The lowest BCUT2D eigenvalue weighted by molar-refractivity contribution is -0.110. The summed E-state index contributed by atoms with van der Waals surface area (Å²) in [5.41, 5.74) is 0.955. The maximum Gasteiger partial charge on any atom is 0.280 e. The lowest BCUT2D eigenvalue weighted by Gasteiger charge is -2.35. The first-order valence-corrected chi connectivity index (χ1v) is 16.0. The molecule has 214 valence electrons. The van der Waals surface area contributed by atoms with E-state index in [0.717, 1.165) is 13.1 Å². The molecule has 2 fully saturated rings. The van der Waals surface area contributed by atoms with Gasteiger partial charge in [-0.2, -0.15) is 0 Å². The van der Waals surface area contributed by atoms with Gasteiger partial charge < -0.3 is 14.3 Å². The van der Waals surface area contributed by atoms with Crippen molar-refractivity contribution >= 4 is 59.6 Å². The molecule has 12 nitrogen and oxygen atoms in total. The van der Waals surface area contributed by atoms with E-state index in [1.807, 2.05) is 12.4 Å². The predicted octanol–water partition coefficient (Wildman–Crippen LogP) is 2.96. The minimum absolute atomic E-state index is 0.0416. The molecule has 0 spiro atoms. The van der Waals surface area contributed by atoms with Gasteiger partial charge in [0.05, 0.1) is 16.8 Å². The summed E-state index contributed by atoms with van der Waals surface area (Å²) in [7, 11) is -1.53. The van der Waals surface area contributed by atoms with E-state index in [1.165, 1.54) is 46.9 Å². The minimum atomic E-state index is -3.55. The molecule has 6 rings (SSSR count). The fraction of sp³-hybridized carbons (Fsp3) is 0.346. The molecule has 1 N–H and O–H groups in total. The van der Waals surface area contributed by atoms with Crippen LogP contribution in [-0.2, 0) is 30.8 Å². The molecule has 4 aromatic rings. The van der Waals surface area contributed by atoms with E-state index in [4.69, 9.17) is 14.3 Å².